The quantitative estimate of drug-likeness (QED) is 0.652. The molecule has 0 atom stereocenters. The van der Waals surface area contributed by atoms with Crippen molar-refractivity contribution in [3.8, 4) is 0 Å². The van der Waals surface area contributed by atoms with E-state index in [0.717, 1.165) is 12.8 Å². The van der Waals surface area contributed by atoms with E-state index >= 15 is 0 Å². The Bertz CT molecular complexity index is 368. The molecular formula is C10H14N2O3. The van der Waals surface area contributed by atoms with E-state index in [1.165, 1.54) is 0 Å². The Hall–Kier alpha value is -1.33. The molecule has 15 heavy (non-hydrogen) atoms. The summed E-state index contributed by atoms with van der Waals surface area (Å²) in [6, 6.07) is 3.26. The van der Waals surface area contributed by atoms with Crippen LogP contribution in [0.3, 0.4) is 0 Å². The van der Waals surface area contributed by atoms with Crippen LogP contribution in [0.25, 0.3) is 0 Å². The van der Waals surface area contributed by atoms with Crippen LogP contribution < -0.4 is 11.1 Å². The average molecular weight is 210 g/mol. The Morgan fingerprint density at radius 1 is 1.60 bits per heavy atom. The van der Waals surface area contributed by atoms with Crippen LogP contribution in [0.5, 0.6) is 0 Å². The van der Waals surface area contributed by atoms with Crippen LogP contribution in [0.4, 0.5) is 0 Å². The Labute approximate surface area is 87.3 Å². The number of nitrogens with two attached hydrogens (primary N) is 1. The number of hydrogen-bond acceptors (Lipinski definition) is 4. The lowest BCUT2D eigenvalue weighted by molar-refractivity contribution is 0.0877. The molecule has 1 aliphatic carbocycles. The van der Waals surface area contributed by atoms with Gasteiger partial charge in [0.1, 0.15) is 5.76 Å². The molecule has 82 valence electrons. The van der Waals surface area contributed by atoms with Crippen molar-refractivity contribution in [2.24, 2.45) is 5.73 Å². The molecule has 0 radical (unpaired) electrons. The van der Waals surface area contributed by atoms with E-state index in [-0.39, 0.29) is 24.8 Å². The van der Waals surface area contributed by atoms with Gasteiger partial charge in [0.25, 0.3) is 5.91 Å². The molecule has 1 saturated carbocycles. The van der Waals surface area contributed by atoms with Gasteiger partial charge >= 0.3 is 0 Å². The summed E-state index contributed by atoms with van der Waals surface area (Å²) in [6.07, 6.45) is 1.64. The van der Waals surface area contributed by atoms with E-state index in [4.69, 9.17) is 15.3 Å². The van der Waals surface area contributed by atoms with E-state index in [9.17, 15) is 4.79 Å². The molecule has 0 saturated heterocycles. The highest BCUT2D eigenvalue weighted by molar-refractivity contribution is 5.92. The van der Waals surface area contributed by atoms with Gasteiger partial charge in [-0.1, -0.05) is 0 Å². The number of furan rings is 1. The number of rotatable bonds is 4. The van der Waals surface area contributed by atoms with Crippen LogP contribution in [0, 0.1) is 0 Å². The van der Waals surface area contributed by atoms with Gasteiger partial charge in [-0.3, -0.25) is 4.79 Å². The molecule has 2 rings (SSSR count). The van der Waals surface area contributed by atoms with Crippen LogP contribution in [0.2, 0.25) is 0 Å². The number of hydrogen-bond donors (Lipinski definition) is 3. The average Bonchev–Trinajstić information content (AvgIpc) is 2.85. The first-order valence-corrected chi connectivity index (χ1v) is 4.91. The molecule has 0 aliphatic heterocycles. The summed E-state index contributed by atoms with van der Waals surface area (Å²) in [5, 5.41) is 11.8. The van der Waals surface area contributed by atoms with Crippen molar-refractivity contribution in [2.75, 3.05) is 6.61 Å². The number of nitrogens with one attached hydrogen (secondary N) is 1. The molecule has 4 N–H and O–H groups in total. The maximum absolute atomic E-state index is 11.6. The predicted octanol–water partition coefficient (Wildman–Crippen LogP) is -0.00700. The van der Waals surface area contributed by atoms with E-state index < -0.39 is 5.54 Å². The summed E-state index contributed by atoms with van der Waals surface area (Å²) >= 11 is 0. The zero-order valence-electron chi connectivity index (χ0n) is 8.32. The van der Waals surface area contributed by atoms with Gasteiger partial charge in [0.15, 0.2) is 5.76 Å². The summed E-state index contributed by atoms with van der Waals surface area (Å²) in [5.74, 6) is 0.533. The third-order valence-corrected chi connectivity index (χ3v) is 2.62. The fraction of sp³-hybridized carbons (Fsp3) is 0.500. The van der Waals surface area contributed by atoms with Gasteiger partial charge in [0, 0.05) is 0 Å². The van der Waals surface area contributed by atoms with Gasteiger partial charge in [0.05, 0.1) is 18.7 Å². The van der Waals surface area contributed by atoms with E-state index in [1.54, 1.807) is 12.1 Å². The van der Waals surface area contributed by atoms with Crippen molar-refractivity contribution in [3.05, 3.63) is 23.7 Å². The SMILES string of the molecule is NCc1ccc(C(=O)NC2(CO)CC2)o1. The molecule has 1 heterocycles. The van der Waals surface area contributed by atoms with Crippen molar-refractivity contribution in [1.82, 2.24) is 5.32 Å². The largest absolute Gasteiger partial charge is 0.455 e. The Kier molecular flexibility index (Phi) is 2.50. The second-order valence-electron chi connectivity index (χ2n) is 3.86. The Morgan fingerprint density at radius 2 is 2.33 bits per heavy atom. The van der Waals surface area contributed by atoms with Gasteiger partial charge in [-0.05, 0) is 25.0 Å². The van der Waals surface area contributed by atoms with Crippen molar-refractivity contribution < 1.29 is 14.3 Å². The third kappa shape index (κ3) is 2.03. The molecule has 1 amide bonds. The second-order valence-corrected chi connectivity index (χ2v) is 3.86. The molecule has 5 nitrogen and oxygen atoms in total. The molecule has 0 aromatic carbocycles. The van der Waals surface area contributed by atoms with Crippen LogP contribution in [-0.4, -0.2) is 23.2 Å². The third-order valence-electron chi connectivity index (χ3n) is 2.62. The molecule has 1 aromatic heterocycles. The first kappa shape index (κ1) is 10.2. The fourth-order valence-electron chi connectivity index (χ4n) is 1.39. The number of aliphatic hydroxyl groups is 1. The number of carbonyl (C=O) groups is 1. The minimum Gasteiger partial charge on any atom is -0.455 e. The predicted molar refractivity (Wildman–Crippen MR) is 53.1 cm³/mol. The number of amides is 1. The van der Waals surface area contributed by atoms with Crippen molar-refractivity contribution in [2.45, 2.75) is 24.9 Å². The van der Waals surface area contributed by atoms with Gasteiger partial charge in [-0.2, -0.15) is 0 Å². The zero-order valence-corrected chi connectivity index (χ0v) is 8.32. The highest BCUT2D eigenvalue weighted by Crippen LogP contribution is 2.34. The first-order valence-electron chi connectivity index (χ1n) is 4.91. The molecule has 0 spiro atoms. The van der Waals surface area contributed by atoms with E-state index in [2.05, 4.69) is 5.32 Å². The second kappa shape index (κ2) is 3.67. The molecular weight excluding hydrogens is 196 g/mol. The topological polar surface area (TPSA) is 88.5 Å². The standard InChI is InChI=1S/C10H14N2O3/c11-5-7-1-2-8(15-7)9(14)12-10(6-13)3-4-10/h1-2,13H,3-6,11H2,(H,12,14). The lowest BCUT2D eigenvalue weighted by Gasteiger charge is -2.12. The van der Waals surface area contributed by atoms with Gasteiger partial charge in [0.2, 0.25) is 0 Å². The molecule has 0 bridgehead atoms. The summed E-state index contributed by atoms with van der Waals surface area (Å²) < 4.78 is 5.19. The number of aliphatic hydroxyl groups excluding tert-OH is 1. The zero-order chi connectivity index (χ0) is 10.9. The monoisotopic (exact) mass is 210 g/mol. The maximum Gasteiger partial charge on any atom is 0.287 e. The number of carbonyl (C=O) groups excluding carboxylic acids is 1. The lowest BCUT2D eigenvalue weighted by atomic mass is 10.3. The van der Waals surface area contributed by atoms with Crippen LogP contribution in [0.1, 0.15) is 29.2 Å². The van der Waals surface area contributed by atoms with Crippen molar-refractivity contribution in [3.63, 3.8) is 0 Å². The maximum atomic E-state index is 11.6. The lowest BCUT2D eigenvalue weighted by Crippen LogP contribution is -2.39. The molecule has 1 aliphatic rings. The van der Waals surface area contributed by atoms with E-state index in [1.807, 2.05) is 0 Å². The molecule has 0 unspecified atom stereocenters. The minimum atomic E-state index is -0.410. The normalized spacial score (nSPS) is 17.5. The van der Waals surface area contributed by atoms with Crippen molar-refractivity contribution >= 4 is 5.91 Å². The molecule has 1 fully saturated rings. The Morgan fingerprint density at radius 3 is 2.80 bits per heavy atom. The first-order chi connectivity index (χ1) is 7.19. The Balaban J connectivity index is 2.01. The van der Waals surface area contributed by atoms with Gasteiger partial charge in [-0.25, -0.2) is 0 Å². The summed E-state index contributed by atoms with van der Waals surface area (Å²) in [4.78, 5) is 11.6. The highest BCUT2D eigenvalue weighted by Gasteiger charge is 2.43. The molecule has 1 aromatic rings. The van der Waals surface area contributed by atoms with Crippen LogP contribution >= 0.6 is 0 Å². The summed E-state index contributed by atoms with van der Waals surface area (Å²) in [5.41, 5.74) is 4.95. The minimum absolute atomic E-state index is 0.0246. The summed E-state index contributed by atoms with van der Waals surface area (Å²) in [6.45, 7) is 0.252. The van der Waals surface area contributed by atoms with E-state index in [0.29, 0.717) is 5.76 Å². The van der Waals surface area contributed by atoms with Crippen LogP contribution in [0.15, 0.2) is 16.5 Å². The van der Waals surface area contributed by atoms with Crippen molar-refractivity contribution in [1.29, 1.82) is 0 Å². The smallest absolute Gasteiger partial charge is 0.287 e. The van der Waals surface area contributed by atoms with Gasteiger partial charge in [-0.15, -0.1) is 0 Å². The van der Waals surface area contributed by atoms with Crippen LogP contribution in [-0.2, 0) is 6.54 Å². The van der Waals surface area contributed by atoms with Gasteiger partial charge < -0.3 is 20.6 Å². The molecule has 5 heteroatoms. The highest BCUT2D eigenvalue weighted by atomic mass is 16.4. The fourth-order valence-corrected chi connectivity index (χ4v) is 1.39. The summed E-state index contributed by atoms with van der Waals surface area (Å²) in [7, 11) is 0.